The highest BCUT2D eigenvalue weighted by Gasteiger charge is 2.16. The van der Waals surface area contributed by atoms with Gasteiger partial charge in [0, 0.05) is 36.8 Å². The Morgan fingerprint density at radius 2 is 2.14 bits per heavy atom. The van der Waals surface area contributed by atoms with Gasteiger partial charge in [-0.25, -0.2) is 0 Å². The minimum atomic E-state index is 0.421. The molecule has 1 atom stereocenters. The van der Waals surface area contributed by atoms with Crippen LogP contribution in [0.15, 0.2) is 28.7 Å². The van der Waals surface area contributed by atoms with E-state index in [1.54, 1.807) is 0 Å². The van der Waals surface area contributed by atoms with Crippen LogP contribution < -0.4 is 5.32 Å². The summed E-state index contributed by atoms with van der Waals surface area (Å²) in [7, 11) is 0. The van der Waals surface area contributed by atoms with Crippen LogP contribution in [0.2, 0.25) is 0 Å². The number of nitrogens with zero attached hydrogens (tertiary/aromatic N) is 1. The number of hydrogen-bond donors (Lipinski definition) is 1. The number of rotatable bonds is 7. The fraction of sp³-hybridized carbons (Fsp3) is 0.647. The number of hydrogen-bond acceptors (Lipinski definition) is 3. The van der Waals surface area contributed by atoms with Crippen LogP contribution >= 0.6 is 15.9 Å². The first-order valence-electron chi connectivity index (χ1n) is 8.09. The fourth-order valence-corrected chi connectivity index (χ4v) is 3.34. The maximum Gasteiger partial charge on any atom is 0.0593 e. The van der Waals surface area contributed by atoms with E-state index in [0.29, 0.717) is 6.04 Å². The van der Waals surface area contributed by atoms with Crippen molar-refractivity contribution in [2.45, 2.75) is 32.2 Å². The fourth-order valence-electron chi connectivity index (χ4n) is 2.78. The summed E-state index contributed by atoms with van der Waals surface area (Å²) in [5.41, 5.74) is 1.37. The zero-order valence-electron chi connectivity index (χ0n) is 13.0. The van der Waals surface area contributed by atoms with E-state index in [0.717, 1.165) is 52.2 Å². The zero-order valence-corrected chi connectivity index (χ0v) is 14.6. The quantitative estimate of drug-likeness (QED) is 0.809. The Morgan fingerprint density at radius 1 is 1.29 bits per heavy atom. The summed E-state index contributed by atoms with van der Waals surface area (Å²) >= 11 is 3.69. The third-order valence-corrected chi connectivity index (χ3v) is 4.69. The minimum Gasteiger partial charge on any atom is -0.380 e. The van der Waals surface area contributed by atoms with Gasteiger partial charge >= 0.3 is 0 Å². The van der Waals surface area contributed by atoms with Crippen molar-refractivity contribution in [3.8, 4) is 0 Å². The van der Waals surface area contributed by atoms with E-state index >= 15 is 0 Å². The van der Waals surface area contributed by atoms with Gasteiger partial charge in [0.25, 0.3) is 0 Å². The molecule has 1 aliphatic heterocycles. The second-order valence-electron chi connectivity index (χ2n) is 5.62. The molecule has 1 aromatic carbocycles. The van der Waals surface area contributed by atoms with Gasteiger partial charge in [0.1, 0.15) is 0 Å². The molecule has 1 N–H and O–H groups in total. The molecule has 0 saturated carbocycles. The summed E-state index contributed by atoms with van der Waals surface area (Å²) in [6.45, 7) is 8.44. The van der Waals surface area contributed by atoms with Crippen molar-refractivity contribution < 1.29 is 4.74 Å². The topological polar surface area (TPSA) is 24.5 Å². The highest BCUT2D eigenvalue weighted by Crippen LogP contribution is 2.25. The van der Waals surface area contributed by atoms with Crippen LogP contribution in [0.3, 0.4) is 0 Å². The Labute approximate surface area is 137 Å². The van der Waals surface area contributed by atoms with Crippen LogP contribution in [0, 0.1) is 0 Å². The molecule has 1 saturated heterocycles. The van der Waals surface area contributed by atoms with E-state index < -0.39 is 0 Å². The third kappa shape index (κ3) is 5.70. The van der Waals surface area contributed by atoms with Gasteiger partial charge < -0.3 is 15.0 Å². The molecule has 1 unspecified atom stereocenters. The SMILES string of the molecule is CCCNC(CCN1CCCOCC1)c1ccccc1Br. The molecule has 1 heterocycles. The van der Waals surface area contributed by atoms with Crippen molar-refractivity contribution in [2.75, 3.05) is 39.4 Å². The van der Waals surface area contributed by atoms with Gasteiger partial charge in [-0.3, -0.25) is 0 Å². The van der Waals surface area contributed by atoms with Crippen LogP contribution in [0.5, 0.6) is 0 Å². The van der Waals surface area contributed by atoms with E-state index in [1.165, 1.54) is 16.5 Å². The van der Waals surface area contributed by atoms with Crippen LogP contribution in [0.1, 0.15) is 37.8 Å². The summed E-state index contributed by atoms with van der Waals surface area (Å²) in [6.07, 6.45) is 3.46. The predicted octanol–water partition coefficient (Wildman–Crippen LogP) is 3.60. The van der Waals surface area contributed by atoms with Gasteiger partial charge in [-0.15, -0.1) is 0 Å². The Hall–Kier alpha value is -0.420. The lowest BCUT2D eigenvalue weighted by molar-refractivity contribution is 0.140. The lowest BCUT2D eigenvalue weighted by Crippen LogP contribution is -2.31. The van der Waals surface area contributed by atoms with E-state index in [4.69, 9.17) is 4.74 Å². The molecular weight excluding hydrogens is 328 g/mol. The molecule has 0 amide bonds. The number of benzene rings is 1. The van der Waals surface area contributed by atoms with Gasteiger partial charge in [0.15, 0.2) is 0 Å². The Balaban J connectivity index is 1.94. The minimum absolute atomic E-state index is 0.421. The first-order valence-corrected chi connectivity index (χ1v) is 8.88. The van der Waals surface area contributed by atoms with Gasteiger partial charge in [-0.2, -0.15) is 0 Å². The second kappa shape index (κ2) is 9.57. The van der Waals surface area contributed by atoms with Gasteiger partial charge in [0.2, 0.25) is 0 Å². The van der Waals surface area contributed by atoms with Crippen LogP contribution in [-0.2, 0) is 4.74 Å². The van der Waals surface area contributed by atoms with Crippen molar-refractivity contribution in [3.05, 3.63) is 34.3 Å². The largest absolute Gasteiger partial charge is 0.380 e. The monoisotopic (exact) mass is 354 g/mol. The summed E-state index contributed by atoms with van der Waals surface area (Å²) in [5, 5.41) is 3.69. The second-order valence-corrected chi connectivity index (χ2v) is 6.48. The maximum atomic E-state index is 5.54. The molecule has 21 heavy (non-hydrogen) atoms. The number of ether oxygens (including phenoxy) is 1. The predicted molar refractivity (Wildman–Crippen MR) is 91.7 cm³/mol. The summed E-state index contributed by atoms with van der Waals surface area (Å²) < 4.78 is 6.74. The molecular formula is C17H27BrN2O. The van der Waals surface area contributed by atoms with Crippen LogP contribution in [0.4, 0.5) is 0 Å². The van der Waals surface area contributed by atoms with E-state index in [9.17, 15) is 0 Å². The smallest absolute Gasteiger partial charge is 0.0593 e. The lowest BCUT2D eigenvalue weighted by Gasteiger charge is -2.25. The van der Waals surface area contributed by atoms with Crippen molar-refractivity contribution in [1.82, 2.24) is 10.2 Å². The molecule has 0 aromatic heterocycles. The van der Waals surface area contributed by atoms with Crippen molar-refractivity contribution >= 4 is 15.9 Å². The van der Waals surface area contributed by atoms with Crippen molar-refractivity contribution in [1.29, 1.82) is 0 Å². The summed E-state index contributed by atoms with van der Waals surface area (Å²) in [6, 6.07) is 8.99. The molecule has 2 rings (SSSR count). The molecule has 118 valence electrons. The average molecular weight is 355 g/mol. The Kier molecular flexibility index (Phi) is 7.72. The van der Waals surface area contributed by atoms with E-state index in [2.05, 4.69) is 57.3 Å². The van der Waals surface area contributed by atoms with Gasteiger partial charge in [-0.1, -0.05) is 41.1 Å². The molecule has 3 nitrogen and oxygen atoms in total. The lowest BCUT2D eigenvalue weighted by atomic mass is 10.0. The normalized spacial score (nSPS) is 18.4. The third-order valence-electron chi connectivity index (χ3n) is 3.97. The molecule has 4 heteroatoms. The maximum absolute atomic E-state index is 5.54. The van der Waals surface area contributed by atoms with Crippen molar-refractivity contribution in [3.63, 3.8) is 0 Å². The molecule has 1 fully saturated rings. The van der Waals surface area contributed by atoms with Crippen molar-refractivity contribution in [2.24, 2.45) is 0 Å². The average Bonchev–Trinajstić information content (AvgIpc) is 2.77. The van der Waals surface area contributed by atoms with E-state index in [1.807, 2.05) is 0 Å². The molecule has 1 aromatic rings. The van der Waals surface area contributed by atoms with Crippen LogP contribution in [-0.4, -0.2) is 44.3 Å². The molecule has 0 radical (unpaired) electrons. The van der Waals surface area contributed by atoms with E-state index in [-0.39, 0.29) is 0 Å². The first kappa shape index (κ1) is 16.9. The molecule has 0 aliphatic carbocycles. The Bertz CT molecular complexity index is 406. The standard InChI is InChI=1S/C17H27BrN2O/c1-2-9-19-17(15-6-3-4-7-16(15)18)8-11-20-10-5-13-21-14-12-20/h3-4,6-7,17,19H,2,5,8-14H2,1H3. The van der Waals surface area contributed by atoms with Gasteiger partial charge in [0.05, 0.1) is 6.61 Å². The highest BCUT2D eigenvalue weighted by atomic mass is 79.9. The number of halogens is 1. The first-order chi connectivity index (χ1) is 10.3. The summed E-state index contributed by atoms with van der Waals surface area (Å²) in [4.78, 5) is 2.53. The molecule has 0 spiro atoms. The Morgan fingerprint density at radius 3 is 2.95 bits per heavy atom. The zero-order chi connectivity index (χ0) is 14.9. The number of nitrogens with one attached hydrogen (secondary N) is 1. The summed E-state index contributed by atoms with van der Waals surface area (Å²) in [5.74, 6) is 0. The molecule has 0 bridgehead atoms. The molecule has 1 aliphatic rings. The highest BCUT2D eigenvalue weighted by molar-refractivity contribution is 9.10. The van der Waals surface area contributed by atoms with Crippen LogP contribution in [0.25, 0.3) is 0 Å². The van der Waals surface area contributed by atoms with Gasteiger partial charge in [-0.05, 0) is 37.4 Å².